The first-order valence-electron chi connectivity index (χ1n) is 6.76. The Hall–Kier alpha value is -0.960. The SMILES string of the molecule is CCC1CCCCC1C(O)c1ccc(F)c(F)c1. The van der Waals surface area contributed by atoms with Gasteiger partial charge in [-0.1, -0.05) is 38.7 Å². The second-order valence-electron chi connectivity index (χ2n) is 5.24. The average molecular weight is 254 g/mol. The topological polar surface area (TPSA) is 20.2 Å². The lowest BCUT2D eigenvalue weighted by Crippen LogP contribution is -2.25. The average Bonchev–Trinajstić information content (AvgIpc) is 2.41. The molecule has 0 spiro atoms. The third-order valence-electron chi connectivity index (χ3n) is 4.18. The fraction of sp³-hybridized carbons (Fsp3) is 0.600. The number of aliphatic hydroxyl groups is 1. The van der Waals surface area contributed by atoms with Crippen molar-refractivity contribution in [1.82, 2.24) is 0 Å². The van der Waals surface area contributed by atoms with Crippen molar-refractivity contribution in [2.24, 2.45) is 11.8 Å². The van der Waals surface area contributed by atoms with Crippen LogP contribution in [0.1, 0.15) is 50.7 Å². The van der Waals surface area contributed by atoms with Crippen LogP contribution in [0.5, 0.6) is 0 Å². The van der Waals surface area contributed by atoms with Crippen molar-refractivity contribution in [2.45, 2.75) is 45.1 Å². The first-order valence-corrected chi connectivity index (χ1v) is 6.76. The maximum absolute atomic E-state index is 13.2. The minimum absolute atomic E-state index is 0.175. The van der Waals surface area contributed by atoms with Crippen molar-refractivity contribution in [2.75, 3.05) is 0 Å². The van der Waals surface area contributed by atoms with Gasteiger partial charge in [-0.05, 0) is 36.0 Å². The van der Waals surface area contributed by atoms with E-state index in [0.29, 0.717) is 11.5 Å². The summed E-state index contributed by atoms with van der Waals surface area (Å²) in [4.78, 5) is 0. The zero-order valence-electron chi connectivity index (χ0n) is 10.7. The van der Waals surface area contributed by atoms with Gasteiger partial charge in [-0.2, -0.15) is 0 Å². The molecule has 18 heavy (non-hydrogen) atoms. The second kappa shape index (κ2) is 5.79. The number of halogens is 2. The van der Waals surface area contributed by atoms with Crippen LogP contribution < -0.4 is 0 Å². The normalized spacial score (nSPS) is 26.0. The lowest BCUT2D eigenvalue weighted by molar-refractivity contribution is 0.0449. The molecule has 1 aromatic rings. The largest absolute Gasteiger partial charge is 0.388 e. The number of rotatable bonds is 3. The molecule has 2 rings (SSSR count). The zero-order valence-corrected chi connectivity index (χ0v) is 10.7. The summed E-state index contributed by atoms with van der Waals surface area (Å²) >= 11 is 0. The first-order chi connectivity index (χ1) is 8.63. The molecule has 0 bridgehead atoms. The van der Waals surface area contributed by atoms with Crippen LogP contribution in [-0.2, 0) is 0 Å². The van der Waals surface area contributed by atoms with Gasteiger partial charge in [-0.3, -0.25) is 0 Å². The van der Waals surface area contributed by atoms with Crippen molar-refractivity contribution < 1.29 is 13.9 Å². The van der Waals surface area contributed by atoms with Crippen molar-refractivity contribution in [3.05, 3.63) is 35.4 Å². The van der Waals surface area contributed by atoms with Gasteiger partial charge in [-0.25, -0.2) is 8.78 Å². The molecule has 1 fully saturated rings. The fourth-order valence-electron chi connectivity index (χ4n) is 3.10. The minimum atomic E-state index is -0.879. The molecule has 1 N–H and O–H groups in total. The molecule has 1 aliphatic carbocycles. The molecular weight excluding hydrogens is 234 g/mol. The molecule has 1 saturated carbocycles. The number of hydrogen-bond acceptors (Lipinski definition) is 1. The van der Waals surface area contributed by atoms with Gasteiger partial charge in [0, 0.05) is 0 Å². The van der Waals surface area contributed by atoms with Gasteiger partial charge in [0.25, 0.3) is 0 Å². The monoisotopic (exact) mass is 254 g/mol. The van der Waals surface area contributed by atoms with Crippen LogP contribution in [-0.4, -0.2) is 5.11 Å². The van der Waals surface area contributed by atoms with Gasteiger partial charge >= 0.3 is 0 Å². The smallest absolute Gasteiger partial charge is 0.159 e. The maximum Gasteiger partial charge on any atom is 0.159 e. The predicted octanol–water partition coefficient (Wildman–Crippen LogP) is 4.21. The van der Waals surface area contributed by atoms with E-state index in [-0.39, 0.29) is 5.92 Å². The lowest BCUT2D eigenvalue weighted by atomic mass is 9.73. The minimum Gasteiger partial charge on any atom is -0.388 e. The van der Waals surface area contributed by atoms with Crippen molar-refractivity contribution in [1.29, 1.82) is 0 Å². The summed E-state index contributed by atoms with van der Waals surface area (Å²) in [6, 6.07) is 3.71. The van der Waals surface area contributed by atoms with Gasteiger partial charge in [0.15, 0.2) is 11.6 Å². The van der Waals surface area contributed by atoms with E-state index in [1.54, 1.807) is 0 Å². The molecule has 1 aromatic carbocycles. The van der Waals surface area contributed by atoms with Gasteiger partial charge in [0.2, 0.25) is 0 Å². The van der Waals surface area contributed by atoms with E-state index < -0.39 is 17.7 Å². The van der Waals surface area contributed by atoms with E-state index in [4.69, 9.17) is 0 Å². The Morgan fingerprint density at radius 3 is 2.61 bits per heavy atom. The molecule has 0 amide bonds. The van der Waals surface area contributed by atoms with E-state index in [1.807, 2.05) is 0 Å². The summed E-state index contributed by atoms with van der Waals surface area (Å²) in [7, 11) is 0. The van der Waals surface area contributed by atoms with Gasteiger partial charge in [-0.15, -0.1) is 0 Å². The van der Waals surface area contributed by atoms with Crippen molar-refractivity contribution in [3.8, 4) is 0 Å². The van der Waals surface area contributed by atoms with Crippen LogP contribution in [0.15, 0.2) is 18.2 Å². The molecule has 3 atom stereocenters. The zero-order chi connectivity index (χ0) is 13.1. The van der Waals surface area contributed by atoms with Gasteiger partial charge in [0.1, 0.15) is 0 Å². The molecule has 0 radical (unpaired) electrons. The summed E-state index contributed by atoms with van der Waals surface area (Å²) < 4.78 is 26.1. The Labute approximate surface area is 107 Å². The Kier molecular flexibility index (Phi) is 4.33. The standard InChI is InChI=1S/C15H20F2O/c1-2-10-5-3-4-6-12(10)15(18)11-7-8-13(16)14(17)9-11/h7-10,12,15,18H,2-6H2,1H3. The summed E-state index contributed by atoms with van der Waals surface area (Å²) in [5.74, 6) is -1.08. The fourth-order valence-corrected chi connectivity index (χ4v) is 3.10. The van der Waals surface area contributed by atoms with Crippen LogP contribution in [0.4, 0.5) is 8.78 Å². The highest BCUT2D eigenvalue weighted by Gasteiger charge is 2.30. The highest BCUT2D eigenvalue weighted by molar-refractivity contribution is 5.21. The van der Waals surface area contributed by atoms with Crippen LogP contribution in [0.2, 0.25) is 0 Å². The quantitative estimate of drug-likeness (QED) is 0.856. The van der Waals surface area contributed by atoms with E-state index in [9.17, 15) is 13.9 Å². The van der Waals surface area contributed by atoms with E-state index in [1.165, 1.54) is 12.5 Å². The third kappa shape index (κ3) is 2.72. The molecule has 1 aliphatic rings. The van der Waals surface area contributed by atoms with Crippen LogP contribution in [0.3, 0.4) is 0 Å². The Morgan fingerprint density at radius 2 is 1.94 bits per heavy atom. The van der Waals surface area contributed by atoms with Crippen LogP contribution >= 0.6 is 0 Å². The lowest BCUT2D eigenvalue weighted by Gasteiger charge is -2.34. The van der Waals surface area contributed by atoms with E-state index in [0.717, 1.165) is 37.8 Å². The Morgan fingerprint density at radius 1 is 1.22 bits per heavy atom. The highest BCUT2D eigenvalue weighted by atomic mass is 19.2. The summed E-state index contributed by atoms with van der Waals surface area (Å²) in [5, 5.41) is 10.4. The van der Waals surface area contributed by atoms with Crippen molar-refractivity contribution >= 4 is 0 Å². The third-order valence-corrected chi connectivity index (χ3v) is 4.18. The van der Waals surface area contributed by atoms with Gasteiger partial charge in [0.05, 0.1) is 6.10 Å². The molecular formula is C15H20F2O. The van der Waals surface area contributed by atoms with E-state index in [2.05, 4.69) is 6.92 Å². The molecule has 3 unspecified atom stereocenters. The molecule has 1 nitrogen and oxygen atoms in total. The molecule has 0 aliphatic heterocycles. The maximum atomic E-state index is 13.2. The summed E-state index contributed by atoms with van der Waals surface area (Å²) in [6.07, 6.45) is 4.78. The van der Waals surface area contributed by atoms with E-state index >= 15 is 0 Å². The van der Waals surface area contributed by atoms with Gasteiger partial charge < -0.3 is 5.11 Å². The number of hydrogen-bond donors (Lipinski definition) is 1. The van der Waals surface area contributed by atoms with Crippen LogP contribution in [0, 0.1) is 23.5 Å². The summed E-state index contributed by atoms with van der Waals surface area (Å²) in [5.41, 5.74) is 0.499. The number of benzene rings is 1. The highest BCUT2D eigenvalue weighted by Crippen LogP contribution is 2.40. The molecule has 0 heterocycles. The second-order valence-corrected chi connectivity index (χ2v) is 5.24. The molecule has 3 heteroatoms. The molecule has 0 saturated heterocycles. The summed E-state index contributed by atoms with van der Waals surface area (Å²) in [6.45, 7) is 2.13. The number of aliphatic hydroxyl groups excluding tert-OH is 1. The Bertz CT molecular complexity index is 405. The molecule has 100 valence electrons. The van der Waals surface area contributed by atoms with Crippen LogP contribution in [0.25, 0.3) is 0 Å². The first kappa shape index (κ1) is 13.5. The van der Waals surface area contributed by atoms with Crippen molar-refractivity contribution in [3.63, 3.8) is 0 Å². The molecule has 0 aromatic heterocycles. The Balaban J connectivity index is 2.18. The predicted molar refractivity (Wildman–Crippen MR) is 67.1 cm³/mol.